The van der Waals surface area contributed by atoms with Crippen LogP contribution in [0.2, 0.25) is 0 Å². The summed E-state index contributed by atoms with van der Waals surface area (Å²) in [7, 11) is -5.07. The maximum atomic E-state index is 12.9. The molecule has 1 rings (SSSR count). The summed E-state index contributed by atoms with van der Waals surface area (Å²) < 4.78 is 59.3. The zero-order valence-corrected chi connectivity index (χ0v) is 41.6. The van der Waals surface area contributed by atoms with E-state index in [1.165, 1.54) is 128 Å². The summed E-state index contributed by atoms with van der Waals surface area (Å²) in [5.74, 6) is -0.407. The maximum Gasteiger partial charge on any atom is 0.397 e. The van der Waals surface area contributed by atoms with Crippen LogP contribution in [-0.2, 0) is 38.3 Å². The molecular formula is C52H94O12S. The molecule has 380 valence electrons. The van der Waals surface area contributed by atoms with Crippen LogP contribution in [0.1, 0.15) is 213 Å². The van der Waals surface area contributed by atoms with Crippen LogP contribution in [-0.4, -0.2) is 97.5 Å². The molecule has 0 radical (unpaired) electrons. The molecule has 0 aromatic carbocycles. The van der Waals surface area contributed by atoms with Crippen molar-refractivity contribution in [2.45, 2.75) is 250 Å². The van der Waals surface area contributed by atoms with Gasteiger partial charge in [0.15, 0.2) is 6.29 Å². The molecule has 13 heteroatoms. The van der Waals surface area contributed by atoms with Gasteiger partial charge >= 0.3 is 16.4 Å². The molecule has 1 fully saturated rings. The van der Waals surface area contributed by atoms with Crippen LogP contribution >= 0.6 is 0 Å². The Labute approximate surface area is 396 Å². The third-order valence-corrected chi connectivity index (χ3v) is 12.1. The fraction of sp³-hybridized carbons (Fsp3) is 0.827. The molecule has 12 nitrogen and oxygen atoms in total. The van der Waals surface area contributed by atoms with E-state index in [0.29, 0.717) is 13.0 Å². The van der Waals surface area contributed by atoms with Crippen LogP contribution in [0.15, 0.2) is 48.6 Å². The van der Waals surface area contributed by atoms with E-state index in [4.69, 9.17) is 18.9 Å². The molecule has 1 aliphatic rings. The van der Waals surface area contributed by atoms with Crippen molar-refractivity contribution in [1.29, 1.82) is 0 Å². The molecule has 0 bridgehead atoms. The Bertz CT molecular complexity index is 1320. The van der Waals surface area contributed by atoms with Gasteiger partial charge < -0.3 is 34.3 Å². The van der Waals surface area contributed by atoms with Gasteiger partial charge in [0, 0.05) is 13.0 Å². The SMILES string of the molecule is CCCCC/C=C\C/C=C\CCCCCCCCCCCCOCC(COC1OC(CO)C(O)C(OS(=O)(=O)O)C1O)OC(=O)CCCCCCCCC/C=C\C/C=C\CCCCCC. The van der Waals surface area contributed by atoms with Crippen LogP contribution in [0.3, 0.4) is 0 Å². The van der Waals surface area contributed by atoms with Gasteiger partial charge in [-0.05, 0) is 77.0 Å². The second-order valence-corrected chi connectivity index (χ2v) is 18.8. The van der Waals surface area contributed by atoms with Crippen LogP contribution in [0.4, 0.5) is 0 Å². The van der Waals surface area contributed by atoms with Crippen molar-refractivity contribution in [3.63, 3.8) is 0 Å². The second kappa shape index (κ2) is 43.3. The van der Waals surface area contributed by atoms with Gasteiger partial charge in [-0.25, -0.2) is 4.18 Å². The van der Waals surface area contributed by atoms with Crippen molar-refractivity contribution < 1.29 is 56.2 Å². The van der Waals surface area contributed by atoms with Crippen molar-refractivity contribution in [3.05, 3.63) is 48.6 Å². The largest absolute Gasteiger partial charge is 0.457 e. The molecule has 4 N–H and O–H groups in total. The Balaban J connectivity index is 2.37. The fourth-order valence-corrected chi connectivity index (χ4v) is 8.24. The number of hydrogen-bond donors (Lipinski definition) is 4. The molecule has 0 aromatic rings. The van der Waals surface area contributed by atoms with Crippen LogP contribution < -0.4 is 0 Å². The van der Waals surface area contributed by atoms with Crippen LogP contribution in [0.25, 0.3) is 0 Å². The van der Waals surface area contributed by atoms with Crippen molar-refractivity contribution in [2.24, 2.45) is 0 Å². The molecule has 65 heavy (non-hydrogen) atoms. The van der Waals surface area contributed by atoms with Gasteiger partial charge in [-0.1, -0.05) is 178 Å². The van der Waals surface area contributed by atoms with Gasteiger partial charge in [0.05, 0.1) is 19.8 Å². The molecule has 1 aliphatic heterocycles. The molecule has 0 spiro atoms. The summed E-state index contributed by atoms with van der Waals surface area (Å²) in [4.78, 5) is 12.9. The monoisotopic (exact) mass is 943 g/mol. The van der Waals surface area contributed by atoms with E-state index in [1.807, 2.05) is 0 Å². The minimum Gasteiger partial charge on any atom is -0.457 e. The lowest BCUT2D eigenvalue weighted by atomic mass is 9.99. The molecule has 0 aromatic heterocycles. The van der Waals surface area contributed by atoms with Gasteiger partial charge in [-0.15, -0.1) is 0 Å². The Hall–Kier alpha value is -1.94. The van der Waals surface area contributed by atoms with E-state index < -0.39 is 59.8 Å². The maximum absolute atomic E-state index is 12.9. The quantitative estimate of drug-likeness (QED) is 0.0197. The van der Waals surface area contributed by atoms with E-state index >= 15 is 0 Å². The number of ether oxygens (including phenoxy) is 4. The van der Waals surface area contributed by atoms with Crippen molar-refractivity contribution in [2.75, 3.05) is 26.4 Å². The molecule has 0 saturated carbocycles. The molecule has 0 aliphatic carbocycles. The molecule has 6 atom stereocenters. The number of aliphatic hydroxyl groups is 3. The first-order valence-corrected chi connectivity index (χ1v) is 27.3. The number of hydrogen-bond acceptors (Lipinski definition) is 11. The minimum absolute atomic E-state index is 0.0303. The summed E-state index contributed by atoms with van der Waals surface area (Å²) in [5, 5.41) is 30.8. The van der Waals surface area contributed by atoms with E-state index in [2.05, 4.69) is 66.6 Å². The van der Waals surface area contributed by atoms with Gasteiger partial charge in [0.25, 0.3) is 0 Å². The normalized spacial score (nSPS) is 20.0. The average Bonchev–Trinajstić information content (AvgIpc) is 3.28. The number of carbonyl (C=O) groups excluding carboxylic acids is 1. The van der Waals surface area contributed by atoms with Crippen LogP contribution in [0.5, 0.6) is 0 Å². The van der Waals surface area contributed by atoms with Gasteiger partial charge in [0.2, 0.25) is 0 Å². The number of rotatable bonds is 45. The number of aliphatic hydroxyl groups excluding tert-OH is 3. The van der Waals surface area contributed by atoms with E-state index in [-0.39, 0.29) is 19.6 Å². The zero-order valence-electron chi connectivity index (χ0n) is 40.8. The standard InChI is InChI=1S/C52H94O12S/c1-3-5-7-9-11-13-15-17-19-21-23-24-26-28-30-32-34-36-38-40-42-60-44-46(45-61-52-50(56)51(64-65(57,58)59)49(55)47(43-53)63-52)62-48(54)41-39-37-35-33-31-29-27-25-22-20-18-16-14-12-10-8-6-4-2/h11,13-14,16-17,19-20,22,46-47,49-53,55-56H,3-10,12,15,18,21,23-45H2,1-2H3,(H,57,58,59)/b13-11-,16-14-,19-17-,22-20-. The smallest absolute Gasteiger partial charge is 0.397 e. The highest BCUT2D eigenvalue weighted by Crippen LogP contribution is 2.26. The zero-order chi connectivity index (χ0) is 47.5. The first-order valence-electron chi connectivity index (χ1n) is 25.9. The Kier molecular flexibility index (Phi) is 40.7. The lowest BCUT2D eigenvalue weighted by Gasteiger charge is -2.41. The predicted molar refractivity (Wildman–Crippen MR) is 262 cm³/mol. The number of esters is 1. The van der Waals surface area contributed by atoms with Gasteiger partial charge in [-0.3, -0.25) is 9.35 Å². The van der Waals surface area contributed by atoms with Crippen LogP contribution in [0, 0.1) is 0 Å². The lowest BCUT2D eigenvalue weighted by Crippen LogP contribution is -2.60. The number of unbranched alkanes of at least 4 members (excludes halogenated alkanes) is 24. The average molecular weight is 943 g/mol. The highest BCUT2D eigenvalue weighted by Gasteiger charge is 2.48. The third kappa shape index (κ3) is 36.7. The van der Waals surface area contributed by atoms with Crippen molar-refractivity contribution in [1.82, 2.24) is 0 Å². The lowest BCUT2D eigenvalue weighted by molar-refractivity contribution is -0.301. The highest BCUT2D eigenvalue weighted by molar-refractivity contribution is 7.80. The number of carbonyl (C=O) groups is 1. The van der Waals surface area contributed by atoms with Gasteiger partial charge in [0.1, 0.15) is 30.5 Å². The summed E-state index contributed by atoms with van der Waals surface area (Å²) in [6.45, 7) is 3.95. The van der Waals surface area contributed by atoms with E-state index in [1.54, 1.807) is 0 Å². The molecule has 1 heterocycles. The van der Waals surface area contributed by atoms with Crippen molar-refractivity contribution >= 4 is 16.4 Å². The van der Waals surface area contributed by atoms with Crippen molar-refractivity contribution in [3.8, 4) is 0 Å². The second-order valence-electron chi connectivity index (χ2n) is 17.8. The topological polar surface area (TPSA) is 178 Å². The summed E-state index contributed by atoms with van der Waals surface area (Å²) in [6.07, 6.45) is 44.2. The predicted octanol–water partition coefficient (Wildman–Crippen LogP) is 11.9. The molecule has 1 saturated heterocycles. The summed E-state index contributed by atoms with van der Waals surface area (Å²) in [6, 6.07) is 0. The molecular weight excluding hydrogens is 849 g/mol. The Morgan fingerprint density at radius 3 is 1.49 bits per heavy atom. The van der Waals surface area contributed by atoms with E-state index in [9.17, 15) is 33.1 Å². The fourth-order valence-electron chi connectivity index (χ4n) is 7.73. The first-order chi connectivity index (χ1) is 31.6. The molecule has 0 amide bonds. The van der Waals surface area contributed by atoms with E-state index in [0.717, 1.165) is 57.8 Å². The van der Waals surface area contributed by atoms with Gasteiger partial charge in [-0.2, -0.15) is 8.42 Å². The molecule has 6 unspecified atom stereocenters. The summed E-state index contributed by atoms with van der Waals surface area (Å²) in [5.41, 5.74) is 0. The third-order valence-electron chi connectivity index (χ3n) is 11.7. The minimum atomic E-state index is -5.07. The highest BCUT2D eigenvalue weighted by atomic mass is 32.3. The first kappa shape index (κ1) is 61.1. The number of allylic oxidation sites excluding steroid dienone is 8. The summed E-state index contributed by atoms with van der Waals surface area (Å²) >= 11 is 0. The Morgan fingerprint density at radius 1 is 0.585 bits per heavy atom. The Morgan fingerprint density at radius 2 is 1.02 bits per heavy atom.